The van der Waals surface area contributed by atoms with Crippen molar-refractivity contribution in [2.24, 2.45) is 0 Å². The Kier molecular flexibility index (Phi) is 9.49. The van der Waals surface area contributed by atoms with Crippen LogP contribution in [0.5, 0.6) is 5.75 Å². The van der Waals surface area contributed by atoms with Crippen molar-refractivity contribution in [3.63, 3.8) is 0 Å². The number of halogens is 2. The van der Waals surface area contributed by atoms with Gasteiger partial charge in [0.1, 0.15) is 18.3 Å². The van der Waals surface area contributed by atoms with E-state index in [2.05, 4.69) is 5.32 Å². The second kappa shape index (κ2) is 12.2. The molecular formula is C25H31Cl2N3O5S. The quantitative estimate of drug-likeness (QED) is 0.472. The summed E-state index contributed by atoms with van der Waals surface area (Å²) >= 11 is 12.7. The van der Waals surface area contributed by atoms with Crippen molar-refractivity contribution < 1.29 is 22.7 Å². The molecule has 0 spiro atoms. The number of methoxy groups -OCH3 is 1. The molecule has 0 bridgehead atoms. The Morgan fingerprint density at radius 1 is 1.08 bits per heavy atom. The van der Waals surface area contributed by atoms with Crippen molar-refractivity contribution in [3.8, 4) is 5.75 Å². The lowest BCUT2D eigenvalue weighted by Crippen LogP contribution is -2.52. The lowest BCUT2D eigenvalue weighted by molar-refractivity contribution is -0.139. The van der Waals surface area contributed by atoms with E-state index in [0.717, 1.165) is 36.2 Å². The highest BCUT2D eigenvalue weighted by molar-refractivity contribution is 7.92. The molecule has 0 saturated heterocycles. The zero-order valence-electron chi connectivity index (χ0n) is 20.5. The highest BCUT2D eigenvalue weighted by atomic mass is 35.5. The zero-order chi connectivity index (χ0) is 26.5. The second-order valence-corrected chi connectivity index (χ2v) is 11.6. The molecule has 1 fully saturated rings. The number of ether oxygens (including phenoxy) is 1. The summed E-state index contributed by atoms with van der Waals surface area (Å²) in [6.07, 6.45) is 4.89. The standard InChI is InChI=1S/C25H31Cl2N3O5S/c1-17(25(32)28-18-7-4-5-8-18)29(15-21-22(26)9-6-10-23(21)27)24(31)16-30(36(3,33)34)19-11-13-20(35-2)14-12-19/h6,9-14,17-18H,4-5,7-8,15-16H2,1-3H3,(H,28,32)/t17-/m0/s1. The van der Waals surface area contributed by atoms with Gasteiger partial charge in [-0.25, -0.2) is 8.42 Å². The van der Waals surface area contributed by atoms with Crippen LogP contribution >= 0.6 is 23.2 Å². The third-order valence-corrected chi connectivity index (χ3v) is 8.15. The average molecular weight is 557 g/mol. The maximum absolute atomic E-state index is 13.6. The third-order valence-electron chi connectivity index (χ3n) is 6.30. The first-order valence-electron chi connectivity index (χ1n) is 11.7. The van der Waals surface area contributed by atoms with Gasteiger partial charge < -0.3 is 15.0 Å². The summed E-state index contributed by atoms with van der Waals surface area (Å²) in [7, 11) is -2.32. The zero-order valence-corrected chi connectivity index (χ0v) is 22.9. The molecule has 36 heavy (non-hydrogen) atoms. The molecule has 0 radical (unpaired) electrons. The van der Waals surface area contributed by atoms with E-state index in [1.165, 1.54) is 12.0 Å². The minimum atomic E-state index is -3.83. The van der Waals surface area contributed by atoms with Crippen LogP contribution in [-0.2, 0) is 26.2 Å². The van der Waals surface area contributed by atoms with Crippen LogP contribution in [-0.4, -0.2) is 57.1 Å². The van der Waals surface area contributed by atoms with E-state index in [9.17, 15) is 18.0 Å². The molecule has 0 aromatic heterocycles. The van der Waals surface area contributed by atoms with Gasteiger partial charge >= 0.3 is 0 Å². The number of rotatable bonds is 10. The van der Waals surface area contributed by atoms with Crippen LogP contribution < -0.4 is 14.4 Å². The average Bonchev–Trinajstić information content (AvgIpc) is 3.34. The van der Waals surface area contributed by atoms with Gasteiger partial charge in [-0.1, -0.05) is 42.1 Å². The van der Waals surface area contributed by atoms with Crippen LogP contribution in [0.3, 0.4) is 0 Å². The summed E-state index contributed by atoms with van der Waals surface area (Å²) in [6, 6.07) is 10.5. The van der Waals surface area contributed by atoms with Crippen LogP contribution in [0.2, 0.25) is 10.0 Å². The van der Waals surface area contributed by atoms with E-state index < -0.39 is 28.5 Å². The fraction of sp³-hybridized carbons (Fsp3) is 0.440. The number of nitrogens with zero attached hydrogens (tertiary/aromatic N) is 2. The summed E-state index contributed by atoms with van der Waals surface area (Å²) in [5.41, 5.74) is 0.774. The Hall–Kier alpha value is -2.49. The molecule has 1 saturated carbocycles. The van der Waals surface area contributed by atoms with Gasteiger partial charge in [0.05, 0.1) is 19.1 Å². The number of amides is 2. The van der Waals surface area contributed by atoms with Gasteiger partial charge in [-0.3, -0.25) is 13.9 Å². The van der Waals surface area contributed by atoms with Crippen LogP contribution in [0.4, 0.5) is 5.69 Å². The number of hydrogen-bond acceptors (Lipinski definition) is 5. The summed E-state index contributed by atoms with van der Waals surface area (Å²) in [4.78, 5) is 28.1. The van der Waals surface area contributed by atoms with Gasteiger partial charge in [0.2, 0.25) is 21.8 Å². The smallest absolute Gasteiger partial charge is 0.244 e. The Labute approximate surface area is 222 Å². The molecule has 0 aliphatic heterocycles. The van der Waals surface area contributed by atoms with E-state index in [1.54, 1.807) is 49.4 Å². The first-order valence-corrected chi connectivity index (χ1v) is 14.3. The van der Waals surface area contributed by atoms with E-state index in [1.807, 2.05) is 0 Å². The third kappa shape index (κ3) is 7.05. The van der Waals surface area contributed by atoms with Crippen molar-refractivity contribution >= 4 is 50.7 Å². The highest BCUT2D eigenvalue weighted by Gasteiger charge is 2.32. The van der Waals surface area contributed by atoms with Crippen molar-refractivity contribution in [2.45, 2.75) is 51.2 Å². The Balaban J connectivity index is 1.91. The predicted molar refractivity (Wildman–Crippen MR) is 142 cm³/mol. The van der Waals surface area contributed by atoms with Gasteiger partial charge in [0.15, 0.2) is 0 Å². The lowest BCUT2D eigenvalue weighted by atomic mass is 10.1. The van der Waals surface area contributed by atoms with Crippen molar-refractivity contribution in [1.82, 2.24) is 10.2 Å². The SMILES string of the molecule is COc1ccc(N(CC(=O)N(Cc2c(Cl)cccc2Cl)[C@@H](C)C(=O)NC2CCCC2)S(C)(=O)=O)cc1. The van der Waals surface area contributed by atoms with Crippen molar-refractivity contribution in [2.75, 3.05) is 24.2 Å². The summed E-state index contributed by atoms with van der Waals surface area (Å²) in [6.45, 7) is 1.05. The van der Waals surface area contributed by atoms with Crippen molar-refractivity contribution in [1.29, 1.82) is 0 Å². The number of nitrogens with one attached hydrogen (secondary N) is 1. The van der Waals surface area contributed by atoms with E-state index in [-0.39, 0.29) is 18.5 Å². The molecule has 8 nitrogen and oxygen atoms in total. The Morgan fingerprint density at radius 2 is 1.67 bits per heavy atom. The number of anilines is 1. The molecule has 196 valence electrons. The molecule has 1 N–H and O–H groups in total. The normalized spacial score (nSPS) is 14.8. The van der Waals surface area contributed by atoms with Crippen LogP contribution in [0.25, 0.3) is 0 Å². The second-order valence-electron chi connectivity index (χ2n) is 8.86. The first kappa shape index (κ1) is 28.1. The van der Waals surface area contributed by atoms with Gasteiger partial charge in [0, 0.05) is 28.2 Å². The largest absolute Gasteiger partial charge is 0.497 e. The molecular weight excluding hydrogens is 525 g/mol. The molecule has 2 amide bonds. The number of carbonyl (C=O) groups is 2. The molecule has 1 aliphatic rings. The van der Waals surface area contributed by atoms with Gasteiger partial charge in [-0.05, 0) is 56.2 Å². The first-order chi connectivity index (χ1) is 17.0. The number of carbonyl (C=O) groups excluding carboxylic acids is 2. The molecule has 2 aromatic rings. The number of sulfonamides is 1. The van der Waals surface area contributed by atoms with E-state index in [4.69, 9.17) is 27.9 Å². The minimum Gasteiger partial charge on any atom is -0.497 e. The maximum Gasteiger partial charge on any atom is 0.244 e. The van der Waals surface area contributed by atoms with Gasteiger partial charge in [-0.2, -0.15) is 0 Å². The Bertz CT molecular complexity index is 1160. The summed E-state index contributed by atoms with van der Waals surface area (Å²) in [5.74, 6) is -0.333. The molecule has 0 heterocycles. The van der Waals surface area contributed by atoms with Crippen molar-refractivity contribution in [3.05, 3.63) is 58.1 Å². The van der Waals surface area contributed by atoms with Gasteiger partial charge in [-0.15, -0.1) is 0 Å². The fourth-order valence-corrected chi connectivity index (χ4v) is 5.56. The Morgan fingerprint density at radius 3 is 2.19 bits per heavy atom. The number of hydrogen-bond donors (Lipinski definition) is 1. The monoisotopic (exact) mass is 555 g/mol. The molecule has 1 atom stereocenters. The lowest BCUT2D eigenvalue weighted by Gasteiger charge is -2.32. The van der Waals surface area contributed by atoms with E-state index >= 15 is 0 Å². The summed E-state index contributed by atoms with van der Waals surface area (Å²) in [5, 5.41) is 3.70. The summed E-state index contributed by atoms with van der Waals surface area (Å²) < 4.78 is 31.4. The van der Waals surface area contributed by atoms with Gasteiger partial charge in [0.25, 0.3) is 0 Å². The minimum absolute atomic E-state index is 0.0587. The predicted octanol–water partition coefficient (Wildman–Crippen LogP) is 4.24. The van der Waals surface area contributed by atoms with Crippen LogP contribution in [0.15, 0.2) is 42.5 Å². The maximum atomic E-state index is 13.6. The van der Waals surface area contributed by atoms with E-state index in [0.29, 0.717) is 27.0 Å². The topological polar surface area (TPSA) is 96.0 Å². The molecule has 1 aliphatic carbocycles. The highest BCUT2D eigenvalue weighted by Crippen LogP contribution is 2.28. The molecule has 0 unspecified atom stereocenters. The van der Waals surface area contributed by atoms with Crippen LogP contribution in [0, 0.1) is 0 Å². The molecule has 3 rings (SSSR count). The number of benzene rings is 2. The molecule has 11 heteroatoms. The van der Waals surface area contributed by atoms with Crippen LogP contribution in [0.1, 0.15) is 38.2 Å². The molecule has 2 aromatic carbocycles. The fourth-order valence-electron chi connectivity index (χ4n) is 4.19.